The van der Waals surface area contributed by atoms with E-state index in [1.807, 2.05) is 0 Å². The third-order valence-electron chi connectivity index (χ3n) is 6.95. The monoisotopic (exact) mass is 627 g/mol. The second-order valence-electron chi connectivity index (χ2n) is 10.9. The van der Waals surface area contributed by atoms with Crippen LogP contribution in [0.3, 0.4) is 0 Å². The molecule has 1 rings (SSSR count). The average Bonchev–Trinajstić information content (AvgIpc) is 3.45. The van der Waals surface area contributed by atoms with E-state index in [0.29, 0.717) is 33.0 Å². The van der Waals surface area contributed by atoms with E-state index in [1.165, 1.54) is 19.1 Å². The summed E-state index contributed by atoms with van der Waals surface area (Å²) in [5, 5.41) is 5.35. The van der Waals surface area contributed by atoms with E-state index in [4.69, 9.17) is 34.8 Å². The lowest BCUT2D eigenvalue weighted by molar-refractivity contribution is -0.148. The molecule has 3 amide bonds. The van der Waals surface area contributed by atoms with Gasteiger partial charge < -0.3 is 44.0 Å². The van der Waals surface area contributed by atoms with Crippen molar-refractivity contribution in [3.63, 3.8) is 0 Å². The van der Waals surface area contributed by atoms with Gasteiger partial charge in [-0.3, -0.25) is 14.4 Å². The lowest BCUT2D eigenvalue weighted by atomic mass is 9.92. The van der Waals surface area contributed by atoms with E-state index in [-0.39, 0.29) is 57.1 Å². The predicted molar refractivity (Wildman–Crippen MR) is 158 cm³/mol. The van der Waals surface area contributed by atoms with Crippen LogP contribution < -0.4 is 10.6 Å². The van der Waals surface area contributed by atoms with E-state index >= 15 is 0 Å². The van der Waals surface area contributed by atoms with E-state index < -0.39 is 47.7 Å². The summed E-state index contributed by atoms with van der Waals surface area (Å²) in [5.74, 6) is -2.80. The highest BCUT2D eigenvalue weighted by atomic mass is 16.6. The number of rotatable bonds is 21. The summed E-state index contributed by atoms with van der Waals surface area (Å²) in [6, 6.07) is -1.87. The van der Waals surface area contributed by atoms with Crippen LogP contribution in [0.2, 0.25) is 0 Å². The van der Waals surface area contributed by atoms with Crippen LogP contribution in [0.25, 0.3) is 0 Å². The maximum Gasteiger partial charge on any atom is 0.328 e. The van der Waals surface area contributed by atoms with Crippen molar-refractivity contribution < 1.29 is 52.4 Å². The standard InChI is InChI=1S/C30H49N3O11/c1-8-10-41-12-14-43-16-17-44-15-13-42-11-9-24(34)33-18-22(27(35)31-25(20(2)3)29(37)39-6)23(19-33)28(36)32-26(21(4)5)30(38)40-7/h1,20-23,25-26H,9-19H2,2-7H3,(H,31,35)(H,32,36)/t22-,23-,25+,26+/m1/s1. The third kappa shape index (κ3) is 13.6. The van der Waals surface area contributed by atoms with Gasteiger partial charge in [0.1, 0.15) is 18.7 Å². The topological polar surface area (TPSA) is 168 Å². The molecule has 0 unspecified atom stereocenters. The molecule has 1 fully saturated rings. The molecule has 0 saturated carbocycles. The number of ether oxygens (including phenoxy) is 6. The summed E-state index contributed by atoms with van der Waals surface area (Å²) < 4.78 is 31.0. The van der Waals surface area contributed by atoms with Gasteiger partial charge in [0, 0.05) is 13.1 Å². The SMILES string of the molecule is C#CCOCCOCCOCCOCCC(=O)N1C[C@@H](C(=O)N[C@H](C(=O)OC)C(C)C)[C@H](C(=O)N[C@H](C(=O)OC)C(C)C)C1. The highest BCUT2D eigenvalue weighted by Crippen LogP contribution is 2.26. The number of nitrogens with zero attached hydrogens (tertiary/aromatic N) is 1. The molecule has 44 heavy (non-hydrogen) atoms. The number of nitrogens with one attached hydrogen (secondary N) is 2. The predicted octanol–water partition coefficient (Wildman–Crippen LogP) is -0.222. The quantitative estimate of drug-likeness (QED) is 0.0981. The third-order valence-corrected chi connectivity index (χ3v) is 6.95. The highest BCUT2D eigenvalue weighted by molar-refractivity contribution is 5.94. The smallest absolute Gasteiger partial charge is 0.328 e. The fourth-order valence-corrected chi connectivity index (χ4v) is 4.42. The summed E-state index contributed by atoms with van der Waals surface area (Å²) in [6.07, 6.45) is 5.11. The Hall–Kier alpha value is -3.25. The van der Waals surface area contributed by atoms with Gasteiger partial charge in [0.2, 0.25) is 17.7 Å². The molecule has 0 aromatic rings. The van der Waals surface area contributed by atoms with E-state index in [1.54, 1.807) is 27.7 Å². The fourth-order valence-electron chi connectivity index (χ4n) is 4.42. The molecule has 0 aliphatic carbocycles. The van der Waals surface area contributed by atoms with Crippen LogP contribution in [0.15, 0.2) is 0 Å². The highest BCUT2D eigenvalue weighted by Gasteiger charge is 2.45. The Balaban J connectivity index is 2.71. The molecule has 0 aromatic heterocycles. The first-order valence-electron chi connectivity index (χ1n) is 14.8. The van der Waals surface area contributed by atoms with Gasteiger partial charge >= 0.3 is 11.9 Å². The molecule has 4 atom stereocenters. The molecule has 14 nitrogen and oxygen atoms in total. The van der Waals surface area contributed by atoms with Gasteiger partial charge in [-0.05, 0) is 11.8 Å². The number of methoxy groups -OCH3 is 2. The van der Waals surface area contributed by atoms with Crippen LogP contribution in [-0.2, 0) is 52.4 Å². The molecule has 0 radical (unpaired) electrons. The molecule has 1 saturated heterocycles. The Bertz CT molecular complexity index is 916. The van der Waals surface area contributed by atoms with Gasteiger partial charge in [-0.15, -0.1) is 6.42 Å². The normalized spacial score (nSPS) is 17.6. The first kappa shape index (κ1) is 38.8. The molecule has 0 bridgehead atoms. The van der Waals surface area contributed by atoms with Crippen LogP contribution in [-0.4, -0.2) is 127 Å². The van der Waals surface area contributed by atoms with Crippen LogP contribution in [0, 0.1) is 36.0 Å². The van der Waals surface area contributed by atoms with Crippen LogP contribution >= 0.6 is 0 Å². The maximum absolute atomic E-state index is 13.4. The second-order valence-corrected chi connectivity index (χ2v) is 10.9. The minimum absolute atomic E-state index is 0.0248. The molecule has 1 aliphatic heterocycles. The van der Waals surface area contributed by atoms with Gasteiger partial charge in [0.25, 0.3) is 0 Å². The molecule has 1 aliphatic rings. The number of amides is 3. The minimum Gasteiger partial charge on any atom is -0.467 e. The molecular weight excluding hydrogens is 578 g/mol. The molecule has 0 aromatic carbocycles. The van der Waals surface area contributed by atoms with Gasteiger partial charge in [0.05, 0.1) is 78.7 Å². The van der Waals surface area contributed by atoms with E-state index in [2.05, 4.69) is 16.6 Å². The van der Waals surface area contributed by atoms with Crippen molar-refractivity contribution in [2.24, 2.45) is 23.7 Å². The molecule has 1 heterocycles. The van der Waals surface area contributed by atoms with Gasteiger partial charge in [0.15, 0.2) is 0 Å². The molecule has 2 N–H and O–H groups in total. The summed E-state index contributed by atoms with van der Waals surface area (Å²) in [6.45, 7) is 9.44. The van der Waals surface area contributed by atoms with Crippen LogP contribution in [0.4, 0.5) is 0 Å². The Morgan fingerprint density at radius 2 is 1.09 bits per heavy atom. The van der Waals surface area contributed by atoms with Crippen molar-refractivity contribution in [3.05, 3.63) is 0 Å². The zero-order chi connectivity index (χ0) is 33.1. The Kier molecular flexibility index (Phi) is 18.9. The summed E-state index contributed by atoms with van der Waals surface area (Å²) in [4.78, 5) is 65.7. The second kappa shape index (κ2) is 21.5. The minimum atomic E-state index is -0.962. The number of hydrogen-bond acceptors (Lipinski definition) is 11. The zero-order valence-electron chi connectivity index (χ0n) is 26.8. The van der Waals surface area contributed by atoms with Crippen LogP contribution in [0.5, 0.6) is 0 Å². The van der Waals surface area contributed by atoms with Crippen molar-refractivity contribution in [3.8, 4) is 12.3 Å². The van der Waals surface area contributed by atoms with Crippen molar-refractivity contribution in [1.29, 1.82) is 0 Å². The Labute approximate surface area is 260 Å². The first-order valence-corrected chi connectivity index (χ1v) is 14.8. The number of esters is 2. The van der Waals surface area contributed by atoms with Crippen molar-refractivity contribution in [2.75, 3.05) is 80.2 Å². The summed E-state index contributed by atoms with van der Waals surface area (Å²) in [7, 11) is 2.44. The van der Waals surface area contributed by atoms with E-state index in [0.717, 1.165) is 0 Å². The number of likely N-dealkylation sites (tertiary alicyclic amines) is 1. The van der Waals surface area contributed by atoms with E-state index in [9.17, 15) is 24.0 Å². The van der Waals surface area contributed by atoms with Gasteiger partial charge in [-0.25, -0.2) is 9.59 Å². The fraction of sp³-hybridized carbons (Fsp3) is 0.767. The number of hydrogen-bond donors (Lipinski definition) is 2. The van der Waals surface area contributed by atoms with Gasteiger partial charge in [-0.2, -0.15) is 0 Å². The first-order chi connectivity index (χ1) is 21.0. The number of carbonyl (C=O) groups is 5. The Morgan fingerprint density at radius 1 is 0.705 bits per heavy atom. The molecular formula is C30H49N3O11. The number of carbonyl (C=O) groups excluding carboxylic acids is 5. The number of terminal acetylenes is 1. The maximum atomic E-state index is 13.4. The summed E-state index contributed by atoms with van der Waals surface area (Å²) in [5.41, 5.74) is 0. The zero-order valence-corrected chi connectivity index (χ0v) is 26.8. The molecule has 0 spiro atoms. The van der Waals surface area contributed by atoms with Crippen molar-refractivity contribution in [2.45, 2.75) is 46.2 Å². The van der Waals surface area contributed by atoms with Crippen LogP contribution in [0.1, 0.15) is 34.1 Å². The average molecular weight is 628 g/mol. The van der Waals surface area contributed by atoms with Crippen molar-refractivity contribution in [1.82, 2.24) is 15.5 Å². The lowest BCUT2D eigenvalue weighted by Crippen LogP contribution is -2.52. The van der Waals surface area contributed by atoms with Crippen molar-refractivity contribution >= 4 is 29.7 Å². The van der Waals surface area contributed by atoms with Gasteiger partial charge in [-0.1, -0.05) is 33.6 Å². The largest absolute Gasteiger partial charge is 0.467 e. The lowest BCUT2D eigenvalue weighted by Gasteiger charge is -2.25. The molecule has 14 heteroatoms. The molecule has 250 valence electrons. The summed E-state index contributed by atoms with van der Waals surface area (Å²) >= 11 is 0. The Morgan fingerprint density at radius 3 is 1.45 bits per heavy atom.